The Morgan fingerprint density at radius 2 is 1.50 bits per heavy atom. The molecule has 0 spiro atoms. The van der Waals surface area contributed by atoms with Crippen molar-refractivity contribution < 1.29 is 13.9 Å². The zero-order valence-electron chi connectivity index (χ0n) is 15.8. The van der Waals surface area contributed by atoms with Gasteiger partial charge in [0.2, 0.25) is 0 Å². The van der Waals surface area contributed by atoms with Crippen molar-refractivity contribution in [2.45, 2.75) is 98.0 Å². The third-order valence-corrected chi connectivity index (χ3v) is 5.04. The van der Waals surface area contributed by atoms with Crippen molar-refractivity contribution in [3.05, 3.63) is 0 Å². The smallest absolute Gasteiger partial charge is 0.272 e. The van der Waals surface area contributed by atoms with Crippen LogP contribution >= 0.6 is 0 Å². The second-order valence-corrected chi connectivity index (χ2v) is 7.98. The van der Waals surface area contributed by atoms with Crippen LogP contribution in [-0.4, -0.2) is 29.0 Å². The summed E-state index contributed by atoms with van der Waals surface area (Å²) in [7, 11) is -0.566. The van der Waals surface area contributed by atoms with Crippen LogP contribution in [0.15, 0.2) is 0 Å². The number of unbranched alkanes of at least 4 members (excludes halogenated alkanes) is 2. The molecular weight excluding hydrogens is 292 g/mol. The van der Waals surface area contributed by atoms with Gasteiger partial charge in [-0.3, -0.25) is 0 Å². The Labute approximate surface area is 141 Å². The van der Waals surface area contributed by atoms with Gasteiger partial charge in [-0.15, -0.1) is 0 Å². The van der Waals surface area contributed by atoms with Gasteiger partial charge in [0.05, 0.1) is 13.2 Å². The largest absolute Gasteiger partial charge is 0.376 e. The van der Waals surface area contributed by atoms with Crippen LogP contribution in [0, 0.1) is 5.92 Å². The van der Waals surface area contributed by atoms with Gasteiger partial charge in [-0.25, -0.2) is 0 Å². The number of hydrogen-bond acceptors (Lipinski definition) is 3. The number of rotatable bonds is 16. The molecule has 0 aliphatic heterocycles. The molecule has 0 radical (unpaired) electrons. The molecular formula is C18H40O3Si. The van der Waals surface area contributed by atoms with Gasteiger partial charge in [0, 0.05) is 6.42 Å². The summed E-state index contributed by atoms with van der Waals surface area (Å²) in [5, 5.41) is 0. The molecule has 0 unspecified atom stereocenters. The molecule has 0 aliphatic carbocycles. The molecule has 0 rings (SSSR count). The monoisotopic (exact) mass is 332 g/mol. The topological polar surface area (TPSA) is 27.7 Å². The Kier molecular flexibility index (Phi) is 14.7. The zero-order chi connectivity index (χ0) is 16.7. The minimum Gasteiger partial charge on any atom is -0.376 e. The maximum atomic E-state index is 6.20. The van der Waals surface area contributed by atoms with E-state index < -0.39 is 15.7 Å². The maximum Gasteiger partial charge on any atom is 0.272 e. The van der Waals surface area contributed by atoms with E-state index in [0.29, 0.717) is 13.2 Å². The number of hydrogen-bond donors (Lipinski definition) is 0. The van der Waals surface area contributed by atoms with Crippen LogP contribution in [0.3, 0.4) is 0 Å². The third kappa shape index (κ3) is 11.6. The maximum absolute atomic E-state index is 6.20. The zero-order valence-corrected chi connectivity index (χ0v) is 17.2. The summed E-state index contributed by atoms with van der Waals surface area (Å²) in [6, 6.07) is 1.23. The summed E-state index contributed by atoms with van der Waals surface area (Å²) in [6.07, 6.45) is 9.20. The van der Waals surface area contributed by atoms with E-state index in [1.807, 2.05) is 0 Å². The van der Waals surface area contributed by atoms with Crippen molar-refractivity contribution in [1.82, 2.24) is 0 Å². The molecule has 3 nitrogen and oxygen atoms in total. The minimum atomic E-state index is -0.745. The van der Waals surface area contributed by atoms with E-state index >= 15 is 0 Å². The highest BCUT2D eigenvalue weighted by Crippen LogP contribution is 2.23. The fourth-order valence-corrected chi connectivity index (χ4v) is 3.72. The molecule has 0 saturated carbocycles. The molecule has 0 aromatic heterocycles. The van der Waals surface area contributed by atoms with E-state index in [9.17, 15) is 0 Å². The van der Waals surface area contributed by atoms with Crippen molar-refractivity contribution in [3.8, 4) is 0 Å². The lowest BCUT2D eigenvalue weighted by molar-refractivity contribution is -0.348. The van der Waals surface area contributed by atoms with Gasteiger partial charge in [-0.05, 0) is 31.2 Å². The Bertz CT molecular complexity index is 226. The Morgan fingerprint density at radius 1 is 0.864 bits per heavy atom. The van der Waals surface area contributed by atoms with Crippen LogP contribution in [-0.2, 0) is 13.9 Å². The van der Waals surface area contributed by atoms with E-state index in [4.69, 9.17) is 13.9 Å². The van der Waals surface area contributed by atoms with Gasteiger partial charge < -0.3 is 13.9 Å². The molecule has 0 aromatic rings. The third-order valence-electron chi connectivity index (χ3n) is 3.61. The molecule has 0 atom stereocenters. The van der Waals surface area contributed by atoms with Gasteiger partial charge in [0.15, 0.2) is 9.76 Å². The van der Waals surface area contributed by atoms with E-state index in [1.165, 1.54) is 31.7 Å². The second-order valence-electron chi connectivity index (χ2n) is 6.58. The highest BCUT2D eigenvalue weighted by molar-refractivity contribution is 6.27. The SMILES string of the molecule is CCCOC(CCC)(OCCC)O[SiH2]CCCCCC(C)C. The predicted octanol–water partition coefficient (Wildman–Crippen LogP) is 5.03. The molecule has 0 aliphatic rings. The van der Waals surface area contributed by atoms with Crippen molar-refractivity contribution >= 4 is 9.76 Å². The predicted molar refractivity (Wildman–Crippen MR) is 97.9 cm³/mol. The van der Waals surface area contributed by atoms with Crippen LogP contribution < -0.4 is 0 Å². The first kappa shape index (κ1) is 22.1. The first-order valence-electron chi connectivity index (χ1n) is 9.52. The molecule has 0 bridgehead atoms. The summed E-state index contributed by atoms with van der Waals surface area (Å²) in [4.78, 5) is 0. The molecule has 0 amide bonds. The van der Waals surface area contributed by atoms with E-state index in [2.05, 4.69) is 34.6 Å². The van der Waals surface area contributed by atoms with Crippen LogP contribution in [0.2, 0.25) is 6.04 Å². The summed E-state index contributed by atoms with van der Waals surface area (Å²) >= 11 is 0. The lowest BCUT2D eigenvalue weighted by Gasteiger charge is -2.33. The average Bonchev–Trinajstić information content (AvgIpc) is 2.49. The van der Waals surface area contributed by atoms with E-state index in [1.54, 1.807) is 0 Å². The van der Waals surface area contributed by atoms with Crippen molar-refractivity contribution in [1.29, 1.82) is 0 Å². The summed E-state index contributed by atoms with van der Waals surface area (Å²) in [5.74, 6) is 0.0841. The van der Waals surface area contributed by atoms with Gasteiger partial charge in [0.25, 0.3) is 5.97 Å². The Morgan fingerprint density at radius 3 is 2.00 bits per heavy atom. The molecule has 0 aromatic carbocycles. The van der Waals surface area contributed by atoms with E-state index in [-0.39, 0.29) is 0 Å². The fourth-order valence-electron chi connectivity index (χ4n) is 2.40. The lowest BCUT2D eigenvalue weighted by atomic mass is 10.1. The Balaban J connectivity index is 4.08. The molecule has 0 fully saturated rings. The normalized spacial score (nSPS) is 12.8. The van der Waals surface area contributed by atoms with Crippen LogP contribution in [0.25, 0.3) is 0 Å². The highest BCUT2D eigenvalue weighted by Gasteiger charge is 2.31. The van der Waals surface area contributed by atoms with Crippen molar-refractivity contribution in [2.75, 3.05) is 13.2 Å². The molecule has 4 heteroatoms. The second kappa shape index (κ2) is 14.7. The highest BCUT2D eigenvalue weighted by atomic mass is 28.2. The first-order valence-corrected chi connectivity index (χ1v) is 11.1. The standard InChI is InChI=1S/C18H40O3Si/c1-6-13-18(19-14-7-2,20-15-8-3)21-22-16-11-9-10-12-17(4)5/h17H,6-16,22H2,1-5H3. The van der Waals surface area contributed by atoms with Gasteiger partial charge in [-0.1, -0.05) is 60.3 Å². The van der Waals surface area contributed by atoms with Gasteiger partial charge in [-0.2, -0.15) is 0 Å². The minimum absolute atomic E-state index is 0.566. The van der Waals surface area contributed by atoms with Gasteiger partial charge in [0.1, 0.15) is 0 Å². The quantitative estimate of drug-likeness (QED) is 0.225. The van der Waals surface area contributed by atoms with Crippen molar-refractivity contribution in [2.24, 2.45) is 5.92 Å². The van der Waals surface area contributed by atoms with Crippen LogP contribution in [0.1, 0.15) is 86.0 Å². The molecule has 22 heavy (non-hydrogen) atoms. The average molecular weight is 333 g/mol. The molecule has 134 valence electrons. The first-order chi connectivity index (χ1) is 10.6. The van der Waals surface area contributed by atoms with Crippen LogP contribution in [0.5, 0.6) is 0 Å². The molecule has 0 heterocycles. The summed E-state index contributed by atoms with van der Waals surface area (Å²) in [6.45, 7) is 12.4. The summed E-state index contributed by atoms with van der Waals surface area (Å²) in [5.41, 5.74) is 0. The summed E-state index contributed by atoms with van der Waals surface area (Å²) < 4.78 is 18.1. The van der Waals surface area contributed by atoms with Crippen molar-refractivity contribution in [3.63, 3.8) is 0 Å². The fraction of sp³-hybridized carbons (Fsp3) is 1.00. The van der Waals surface area contributed by atoms with Crippen LogP contribution in [0.4, 0.5) is 0 Å². The lowest BCUT2D eigenvalue weighted by Crippen LogP contribution is -2.41. The Hall–Kier alpha value is 0.0969. The van der Waals surface area contributed by atoms with E-state index in [0.717, 1.165) is 31.6 Å². The number of ether oxygens (including phenoxy) is 2. The van der Waals surface area contributed by atoms with Gasteiger partial charge >= 0.3 is 0 Å². The molecule has 0 N–H and O–H groups in total. The molecule has 0 saturated heterocycles.